The number of aromatic nitrogens is 4. The first kappa shape index (κ1) is 15.5. The molecule has 5 nitrogen and oxygen atoms in total. The molecule has 3 aromatic heterocycles. The molecule has 7 heteroatoms. The van der Waals surface area contributed by atoms with Gasteiger partial charge in [0.25, 0.3) is 5.56 Å². The maximum atomic E-state index is 13.2. The first-order valence-electron chi connectivity index (χ1n) is 8.55. The molecule has 2 N–H and O–H groups in total. The topological polar surface area (TPSA) is 74.4 Å². The molecule has 4 aromatic rings. The number of hydrogen-bond acceptors (Lipinski definition) is 4. The molecular weight excluding hydrogens is 351 g/mol. The minimum atomic E-state index is -0.299. The summed E-state index contributed by atoms with van der Waals surface area (Å²) in [6, 6.07) is 6.14. The second-order valence-corrected chi connectivity index (χ2v) is 7.55. The van der Waals surface area contributed by atoms with Crippen LogP contribution in [-0.2, 0) is 12.8 Å². The van der Waals surface area contributed by atoms with Crippen LogP contribution in [0.3, 0.4) is 0 Å². The van der Waals surface area contributed by atoms with E-state index in [4.69, 9.17) is 4.98 Å². The molecule has 0 fully saturated rings. The van der Waals surface area contributed by atoms with Gasteiger partial charge >= 0.3 is 0 Å². The highest BCUT2D eigenvalue weighted by atomic mass is 32.1. The number of fused-ring (bicyclic) bond motifs is 3. The lowest BCUT2D eigenvalue weighted by Crippen LogP contribution is -2.11. The van der Waals surface area contributed by atoms with Gasteiger partial charge in [-0.15, -0.1) is 11.3 Å². The fraction of sp³-hybridized carbons (Fsp3) is 0.211. The number of benzene rings is 1. The van der Waals surface area contributed by atoms with Gasteiger partial charge in [0.15, 0.2) is 0 Å². The van der Waals surface area contributed by atoms with E-state index >= 15 is 0 Å². The molecule has 0 aliphatic heterocycles. The lowest BCUT2D eigenvalue weighted by Gasteiger charge is -2.09. The highest BCUT2D eigenvalue weighted by Gasteiger charge is 2.21. The van der Waals surface area contributed by atoms with E-state index in [0.717, 1.165) is 35.0 Å². The molecule has 0 spiro atoms. The van der Waals surface area contributed by atoms with Crippen LogP contribution >= 0.6 is 11.3 Å². The van der Waals surface area contributed by atoms with Crippen molar-refractivity contribution in [1.29, 1.82) is 0 Å². The van der Waals surface area contributed by atoms with Crippen molar-refractivity contribution in [3.05, 3.63) is 57.1 Å². The number of H-pyrrole nitrogens is 2. The molecule has 130 valence electrons. The van der Waals surface area contributed by atoms with Crippen molar-refractivity contribution < 1.29 is 4.39 Å². The number of thiophene rings is 1. The van der Waals surface area contributed by atoms with Crippen molar-refractivity contribution in [2.75, 3.05) is 0 Å². The highest BCUT2D eigenvalue weighted by Crippen LogP contribution is 2.35. The molecule has 0 unspecified atom stereocenters. The lowest BCUT2D eigenvalue weighted by molar-refractivity contribution is 0.628. The van der Waals surface area contributed by atoms with Crippen molar-refractivity contribution in [3.8, 4) is 22.6 Å². The molecule has 26 heavy (non-hydrogen) atoms. The second-order valence-electron chi connectivity index (χ2n) is 6.47. The standard InChI is InChI=1S/C19H15FN4OS/c20-11-7-5-10(6-8-11)16-13(9-21-24-16)17-22-18(25)15-12-3-1-2-4-14(12)26-19(15)23-17/h5-9H,1-4H2,(H,21,24)(H,22,23,25). The van der Waals surface area contributed by atoms with Crippen LogP contribution in [0.1, 0.15) is 23.3 Å². The van der Waals surface area contributed by atoms with Crippen molar-refractivity contribution in [3.63, 3.8) is 0 Å². The van der Waals surface area contributed by atoms with Crippen LogP contribution in [0.5, 0.6) is 0 Å². The summed E-state index contributed by atoms with van der Waals surface area (Å²) in [5, 5.41) is 7.76. The summed E-state index contributed by atoms with van der Waals surface area (Å²) >= 11 is 1.62. The van der Waals surface area contributed by atoms with E-state index in [0.29, 0.717) is 17.1 Å². The van der Waals surface area contributed by atoms with Crippen molar-refractivity contribution >= 4 is 21.6 Å². The number of rotatable bonds is 2. The average Bonchev–Trinajstić information content (AvgIpc) is 3.26. The zero-order valence-corrected chi connectivity index (χ0v) is 14.6. The first-order chi connectivity index (χ1) is 12.7. The lowest BCUT2D eigenvalue weighted by atomic mass is 9.97. The third-order valence-electron chi connectivity index (χ3n) is 4.85. The highest BCUT2D eigenvalue weighted by molar-refractivity contribution is 7.18. The largest absolute Gasteiger partial charge is 0.306 e. The Balaban J connectivity index is 1.68. The number of aromatic amines is 2. The van der Waals surface area contributed by atoms with Crippen LogP contribution in [0.4, 0.5) is 4.39 Å². The van der Waals surface area contributed by atoms with Gasteiger partial charge < -0.3 is 4.98 Å². The van der Waals surface area contributed by atoms with Crippen LogP contribution in [0.25, 0.3) is 32.9 Å². The van der Waals surface area contributed by atoms with Crippen LogP contribution in [0.15, 0.2) is 35.3 Å². The van der Waals surface area contributed by atoms with Gasteiger partial charge in [-0.3, -0.25) is 9.89 Å². The minimum absolute atomic E-state index is 0.101. The Kier molecular flexibility index (Phi) is 3.49. The normalized spacial score (nSPS) is 13.9. The molecule has 0 saturated carbocycles. The third kappa shape index (κ3) is 2.39. The molecule has 0 atom stereocenters. The molecule has 0 radical (unpaired) electrons. The zero-order valence-electron chi connectivity index (χ0n) is 13.8. The average molecular weight is 366 g/mol. The van der Waals surface area contributed by atoms with Crippen molar-refractivity contribution in [2.24, 2.45) is 0 Å². The quantitative estimate of drug-likeness (QED) is 0.562. The molecule has 5 rings (SSSR count). The van der Waals surface area contributed by atoms with E-state index in [1.807, 2.05) is 0 Å². The second kappa shape index (κ2) is 5.88. The van der Waals surface area contributed by atoms with Crippen LogP contribution < -0.4 is 5.56 Å². The zero-order chi connectivity index (χ0) is 17.7. The molecule has 0 bridgehead atoms. The van der Waals surface area contributed by atoms with Crippen molar-refractivity contribution in [1.82, 2.24) is 20.2 Å². The van der Waals surface area contributed by atoms with Gasteiger partial charge in [0.05, 0.1) is 22.8 Å². The van der Waals surface area contributed by atoms with Gasteiger partial charge in [0.2, 0.25) is 0 Å². The van der Waals surface area contributed by atoms with E-state index in [1.165, 1.54) is 29.0 Å². The summed E-state index contributed by atoms with van der Waals surface area (Å²) in [5.74, 6) is 0.182. The summed E-state index contributed by atoms with van der Waals surface area (Å²) in [6.07, 6.45) is 5.90. The van der Waals surface area contributed by atoms with E-state index in [9.17, 15) is 9.18 Å². The van der Waals surface area contributed by atoms with Crippen molar-refractivity contribution in [2.45, 2.75) is 25.7 Å². The SMILES string of the molecule is O=c1[nH]c(-c2cn[nH]c2-c2ccc(F)cc2)nc2sc3c(c12)CCCC3. The van der Waals surface area contributed by atoms with E-state index in [-0.39, 0.29) is 11.4 Å². The summed E-state index contributed by atoms with van der Waals surface area (Å²) < 4.78 is 13.2. The summed E-state index contributed by atoms with van der Waals surface area (Å²) in [4.78, 5) is 22.4. The smallest absolute Gasteiger partial charge is 0.260 e. The molecule has 1 aliphatic carbocycles. The summed E-state index contributed by atoms with van der Waals surface area (Å²) in [7, 11) is 0. The number of aryl methyl sites for hydroxylation is 2. The number of nitrogens with one attached hydrogen (secondary N) is 2. The maximum absolute atomic E-state index is 13.2. The van der Waals surface area contributed by atoms with Gasteiger partial charge in [-0.2, -0.15) is 5.10 Å². The van der Waals surface area contributed by atoms with E-state index in [2.05, 4.69) is 15.2 Å². The monoisotopic (exact) mass is 366 g/mol. The van der Waals surface area contributed by atoms with Gasteiger partial charge in [-0.25, -0.2) is 9.37 Å². The van der Waals surface area contributed by atoms with Crippen LogP contribution in [0, 0.1) is 5.82 Å². The maximum Gasteiger partial charge on any atom is 0.260 e. The predicted octanol–water partition coefficient (Wildman–Crippen LogP) is 4.06. The Bertz CT molecular complexity index is 1170. The van der Waals surface area contributed by atoms with Gasteiger partial charge in [0.1, 0.15) is 16.5 Å². The molecule has 0 amide bonds. The Hall–Kier alpha value is -2.80. The Morgan fingerprint density at radius 1 is 1.12 bits per heavy atom. The molecule has 0 saturated heterocycles. The van der Waals surface area contributed by atoms with Gasteiger partial charge in [-0.05, 0) is 55.5 Å². The summed E-state index contributed by atoms with van der Waals surface area (Å²) in [6.45, 7) is 0. The number of halogens is 1. The number of nitrogens with zero attached hydrogens (tertiary/aromatic N) is 2. The summed E-state index contributed by atoms with van der Waals surface area (Å²) in [5.41, 5.74) is 3.25. The Morgan fingerprint density at radius 2 is 1.92 bits per heavy atom. The number of hydrogen-bond donors (Lipinski definition) is 2. The predicted molar refractivity (Wildman–Crippen MR) is 99.9 cm³/mol. The van der Waals surface area contributed by atoms with Crippen LogP contribution in [-0.4, -0.2) is 20.2 Å². The molecule has 1 aliphatic rings. The fourth-order valence-corrected chi connectivity index (χ4v) is 4.86. The first-order valence-corrected chi connectivity index (χ1v) is 9.36. The molecule has 1 aromatic carbocycles. The minimum Gasteiger partial charge on any atom is -0.306 e. The molecular formula is C19H15FN4OS. The van der Waals surface area contributed by atoms with E-state index in [1.54, 1.807) is 29.7 Å². The van der Waals surface area contributed by atoms with E-state index < -0.39 is 0 Å². The molecule has 3 heterocycles. The third-order valence-corrected chi connectivity index (χ3v) is 6.04. The van der Waals surface area contributed by atoms with Gasteiger partial charge in [-0.1, -0.05) is 0 Å². The Labute approximate surface area is 151 Å². The fourth-order valence-electron chi connectivity index (χ4n) is 3.59. The van der Waals surface area contributed by atoms with Gasteiger partial charge in [0, 0.05) is 10.4 Å². The Morgan fingerprint density at radius 3 is 2.77 bits per heavy atom. The van der Waals surface area contributed by atoms with Crippen LogP contribution in [0.2, 0.25) is 0 Å².